The number of rotatable bonds is 5. The summed E-state index contributed by atoms with van der Waals surface area (Å²) in [6, 6.07) is 9.02. The molecule has 152 valence electrons. The molecule has 2 aliphatic heterocycles. The monoisotopic (exact) mass is 381 g/mol. The molecule has 4 nitrogen and oxygen atoms in total. The molecule has 1 unspecified atom stereocenters. The first-order chi connectivity index (χ1) is 13.6. The topological polar surface area (TPSA) is 39.3 Å². The standard InChI is InChI=1S/C24H35N3O/c1-5-24(17(4)23(28)26(6-2)7-3)14-10-15-27-16-13-19-18-11-8-9-12-20(18)25-21(19)22(24)27/h8-9,11-12,17,22,25H,5-7,10,13-16H2,1-4H3/t17?,22-,24+/m1/s1. The van der Waals surface area contributed by atoms with Crippen molar-refractivity contribution in [3.05, 3.63) is 35.5 Å². The molecule has 28 heavy (non-hydrogen) atoms. The molecule has 0 aliphatic carbocycles. The van der Waals surface area contributed by atoms with Gasteiger partial charge in [-0.3, -0.25) is 9.69 Å². The maximum absolute atomic E-state index is 13.4. The lowest BCUT2D eigenvalue weighted by atomic mass is 9.61. The molecule has 2 aliphatic rings. The van der Waals surface area contributed by atoms with Gasteiger partial charge in [0.15, 0.2) is 0 Å². The molecular formula is C24H35N3O. The molecule has 4 heteroatoms. The second kappa shape index (κ2) is 7.55. The Balaban J connectivity index is 1.82. The van der Waals surface area contributed by atoms with Crippen LogP contribution in [0.25, 0.3) is 10.9 Å². The van der Waals surface area contributed by atoms with Crippen LogP contribution >= 0.6 is 0 Å². The van der Waals surface area contributed by atoms with Gasteiger partial charge in [-0.15, -0.1) is 0 Å². The van der Waals surface area contributed by atoms with Crippen molar-refractivity contribution in [2.75, 3.05) is 26.2 Å². The number of aromatic amines is 1. The summed E-state index contributed by atoms with van der Waals surface area (Å²) < 4.78 is 0. The maximum Gasteiger partial charge on any atom is 0.226 e. The van der Waals surface area contributed by atoms with Gasteiger partial charge in [0.2, 0.25) is 5.91 Å². The molecule has 4 rings (SSSR count). The van der Waals surface area contributed by atoms with Gasteiger partial charge in [0, 0.05) is 47.6 Å². The van der Waals surface area contributed by atoms with E-state index in [-0.39, 0.29) is 11.3 Å². The van der Waals surface area contributed by atoms with Gasteiger partial charge in [0.05, 0.1) is 6.04 Å². The highest BCUT2D eigenvalue weighted by molar-refractivity contribution is 5.85. The Kier molecular flexibility index (Phi) is 5.26. The van der Waals surface area contributed by atoms with Crippen LogP contribution in [0.2, 0.25) is 0 Å². The summed E-state index contributed by atoms with van der Waals surface area (Å²) in [5, 5.41) is 1.37. The Hall–Kier alpha value is -1.81. The maximum atomic E-state index is 13.4. The fraction of sp³-hybridized carbons (Fsp3) is 0.625. The first-order valence-electron chi connectivity index (χ1n) is 11.2. The number of hydrogen-bond acceptors (Lipinski definition) is 2. The van der Waals surface area contributed by atoms with E-state index in [0.29, 0.717) is 11.9 Å². The Bertz CT molecular complexity index is 853. The minimum atomic E-state index is -0.00598. The SMILES string of the molecule is CCN(CC)C(=O)C(C)[C@]1(CC)CCCN2CCc3c([nH]c4ccccc34)[C@@H]21. The molecule has 1 N–H and O–H groups in total. The van der Waals surface area contributed by atoms with Crippen LogP contribution in [0.5, 0.6) is 0 Å². The highest BCUT2D eigenvalue weighted by atomic mass is 16.2. The van der Waals surface area contributed by atoms with Crippen molar-refractivity contribution < 1.29 is 4.79 Å². The van der Waals surface area contributed by atoms with E-state index in [0.717, 1.165) is 45.4 Å². The van der Waals surface area contributed by atoms with Crippen molar-refractivity contribution in [2.24, 2.45) is 11.3 Å². The number of H-pyrrole nitrogens is 1. The number of carbonyl (C=O) groups excluding carboxylic acids is 1. The minimum Gasteiger partial charge on any atom is -0.357 e. The Labute approximate surface area is 169 Å². The van der Waals surface area contributed by atoms with Gasteiger partial charge in [0.25, 0.3) is 0 Å². The summed E-state index contributed by atoms with van der Waals surface area (Å²) in [5.41, 5.74) is 4.11. The third-order valence-corrected chi connectivity index (χ3v) is 7.73. The molecule has 1 aromatic heterocycles. The van der Waals surface area contributed by atoms with Crippen LogP contribution < -0.4 is 0 Å². The fourth-order valence-corrected chi connectivity index (χ4v) is 6.12. The largest absolute Gasteiger partial charge is 0.357 e. The second-order valence-electron chi connectivity index (χ2n) is 8.67. The lowest BCUT2D eigenvalue weighted by molar-refractivity contribution is -0.145. The number of nitrogens with one attached hydrogen (secondary N) is 1. The summed E-state index contributed by atoms with van der Waals surface area (Å²) in [4.78, 5) is 21.9. The smallest absolute Gasteiger partial charge is 0.226 e. The molecule has 3 atom stereocenters. The summed E-state index contributed by atoms with van der Waals surface area (Å²) >= 11 is 0. The van der Waals surface area contributed by atoms with Crippen LogP contribution in [0.1, 0.15) is 64.3 Å². The number of carbonyl (C=O) groups is 1. The van der Waals surface area contributed by atoms with E-state index < -0.39 is 0 Å². The van der Waals surface area contributed by atoms with Gasteiger partial charge in [-0.25, -0.2) is 0 Å². The van der Waals surface area contributed by atoms with Gasteiger partial charge in [-0.05, 0) is 57.7 Å². The van der Waals surface area contributed by atoms with Crippen molar-refractivity contribution in [1.82, 2.24) is 14.8 Å². The highest BCUT2D eigenvalue weighted by Crippen LogP contribution is 2.55. The highest BCUT2D eigenvalue weighted by Gasteiger charge is 2.52. The average molecular weight is 382 g/mol. The molecule has 2 aromatic rings. The number of piperidine rings is 1. The van der Waals surface area contributed by atoms with Gasteiger partial charge < -0.3 is 9.88 Å². The number of fused-ring (bicyclic) bond motifs is 5. The van der Waals surface area contributed by atoms with Crippen LogP contribution in [0.3, 0.4) is 0 Å². The summed E-state index contributed by atoms with van der Waals surface area (Å²) in [5.74, 6) is 0.361. The zero-order valence-electron chi connectivity index (χ0n) is 17.9. The summed E-state index contributed by atoms with van der Waals surface area (Å²) in [6.07, 6.45) is 4.47. The zero-order chi connectivity index (χ0) is 19.9. The molecule has 1 saturated heterocycles. The fourth-order valence-electron chi connectivity index (χ4n) is 6.12. The summed E-state index contributed by atoms with van der Waals surface area (Å²) in [7, 11) is 0. The van der Waals surface area contributed by atoms with Crippen molar-refractivity contribution in [3.63, 3.8) is 0 Å². The number of amides is 1. The van der Waals surface area contributed by atoms with Crippen LogP contribution in [0, 0.1) is 11.3 Å². The first kappa shape index (κ1) is 19.5. The predicted molar refractivity (Wildman–Crippen MR) is 115 cm³/mol. The van der Waals surface area contributed by atoms with Gasteiger partial charge in [0.1, 0.15) is 0 Å². The molecule has 1 aromatic carbocycles. The van der Waals surface area contributed by atoms with Crippen molar-refractivity contribution in [1.29, 1.82) is 0 Å². The van der Waals surface area contributed by atoms with E-state index in [1.807, 2.05) is 4.90 Å². The average Bonchev–Trinajstić information content (AvgIpc) is 3.12. The van der Waals surface area contributed by atoms with Gasteiger partial charge >= 0.3 is 0 Å². The quantitative estimate of drug-likeness (QED) is 0.811. The third-order valence-electron chi connectivity index (χ3n) is 7.73. The molecular weight excluding hydrogens is 346 g/mol. The number of benzene rings is 1. The van der Waals surface area contributed by atoms with Crippen molar-refractivity contribution >= 4 is 16.8 Å². The Morgan fingerprint density at radius 3 is 2.71 bits per heavy atom. The van der Waals surface area contributed by atoms with E-state index >= 15 is 0 Å². The van der Waals surface area contributed by atoms with Gasteiger partial charge in [-0.2, -0.15) is 0 Å². The lowest BCUT2D eigenvalue weighted by Gasteiger charge is -2.54. The Morgan fingerprint density at radius 2 is 2.00 bits per heavy atom. The Morgan fingerprint density at radius 1 is 1.25 bits per heavy atom. The van der Waals surface area contributed by atoms with Crippen LogP contribution in [0.15, 0.2) is 24.3 Å². The van der Waals surface area contributed by atoms with Crippen LogP contribution in [-0.4, -0.2) is 46.9 Å². The first-order valence-corrected chi connectivity index (χ1v) is 11.2. The third kappa shape index (κ3) is 2.80. The van der Waals surface area contributed by atoms with Crippen LogP contribution in [-0.2, 0) is 11.2 Å². The van der Waals surface area contributed by atoms with E-state index in [1.54, 1.807) is 0 Å². The van der Waals surface area contributed by atoms with E-state index in [4.69, 9.17) is 0 Å². The van der Waals surface area contributed by atoms with E-state index in [2.05, 4.69) is 61.8 Å². The number of hydrogen-bond donors (Lipinski definition) is 1. The van der Waals surface area contributed by atoms with Crippen LogP contribution in [0.4, 0.5) is 0 Å². The molecule has 0 bridgehead atoms. The van der Waals surface area contributed by atoms with Gasteiger partial charge in [-0.1, -0.05) is 32.0 Å². The molecule has 3 heterocycles. The molecule has 1 amide bonds. The second-order valence-corrected chi connectivity index (χ2v) is 8.67. The molecule has 0 spiro atoms. The number of para-hydroxylation sites is 1. The van der Waals surface area contributed by atoms with Crippen molar-refractivity contribution in [3.8, 4) is 0 Å². The molecule has 0 saturated carbocycles. The minimum absolute atomic E-state index is 0.00598. The normalized spacial score (nSPS) is 25.9. The molecule has 0 radical (unpaired) electrons. The van der Waals surface area contributed by atoms with E-state index in [1.165, 1.54) is 28.6 Å². The van der Waals surface area contributed by atoms with E-state index in [9.17, 15) is 4.79 Å². The lowest BCUT2D eigenvalue weighted by Crippen LogP contribution is -2.55. The van der Waals surface area contributed by atoms with Crippen molar-refractivity contribution in [2.45, 2.75) is 59.4 Å². The zero-order valence-corrected chi connectivity index (χ0v) is 17.9. The number of nitrogens with zero attached hydrogens (tertiary/aromatic N) is 2. The number of aromatic nitrogens is 1. The predicted octanol–water partition coefficient (Wildman–Crippen LogP) is 4.76. The molecule has 1 fully saturated rings. The summed E-state index contributed by atoms with van der Waals surface area (Å²) in [6.45, 7) is 12.5.